The molecule has 0 saturated heterocycles. The Morgan fingerprint density at radius 3 is 1.75 bits per heavy atom. The predicted molar refractivity (Wildman–Crippen MR) is 227 cm³/mol. The van der Waals surface area contributed by atoms with E-state index in [0.717, 1.165) is 12.8 Å². The highest BCUT2D eigenvalue weighted by Gasteiger charge is 2.25. The van der Waals surface area contributed by atoms with Crippen molar-refractivity contribution in [1.82, 2.24) is 26.3 Å². The molecule has 1 heterocycles. The summed E-state index contributed by atoms with van der Waals surface area (Å²) in [5.74, 6) is -2.63. The van der Waals surface area contributed by atoms with E-state index in [0.29, 0.717) is 69.9 Å². The zero-order valence-electron chi connectivity index (χ0n) is 36.2. The molecule has 0 spiro atoms. The second kappa shape index (κ2) is 38.9. The fourth-order valence-electron chi connectivity index (χ4n) is 6.50. The van der Waals surface area contributed by atoms with Crippen molar-refractivity contribution in [2.75, 3.05) is 65.9 Å². The van der Waals surface area contributed by atoms with Crippen molar-refractivity contribution in [3.63, 3.8) is 0 Å². The van der Waals surface area contributed by atoms with Gasteiger partial charge in [-0.25, -0.2) is 10.7 Å². The molecule has 1 rings (SSSR count). The van der Waals surface area contributed by atoms with Crippen LogP contribution in [0.2, 0.25) is 0 Å². The summed E-state index contributed by atoms with van der Waals surface area (Å²) < 4.78 is 21.6. The highest BCUT2D eigenvalue weighted by atomic mass is 16.5. The number of aliphatic carboxylic acids is 1. The first-order valence-corrected chi connectivity index (χ1v) is 22.5. The standard InChI is InChI=1S/C44H78N5O10/c1-2-3-4-5-6-7-8-9-10-11-12-13-14-15-16-21-39(50)22-19-25-56-27-29-58-35-43(53)48-24-26-57-28-30-59-34-42(52)47-23-18-17-20-37(44(54)55)31-41(51)40(45)32-38-33-46-36-49-38/h33,36-37,40,45H,2-32,34-35H2,1H3,(H,46,49)(H,47,52)(H,48,53)(H,54,55)/t37-,40+/m1/s1. The SMILES string of the molecule is CCCCCCCCCCCCCCCCCC(=O)CCCOCCOCC(=O)NCCOCCOCC(=O)NCCCC[C@H](CC(=O)[C@@H]([NH])Cc1cnc[nH]1)C(=O)O. The first-order chi connectivity index (χ1) is 28.7. The van der Waals surface area contributed by atoms with Gasteiger partial charge in [0.15, 0.2) is 5.78 Å². The number of imidazole rings is 1. The van der Waals surface area contributed by atoms with Crippen LogP contribution in [0.5, 0.6) is 0 Å². The van der Waals surface area contributed by atoms with Gasteiger partial charge in [0.1, 0.15) is 19.0 Å². The van der Waals surface area contributed by atoms with Crippen molar-refractivity contribution in [3.8, 4) is 0 Å². The van der Waals surface area contributed by atoms with Crippen LogP contribution in [-0.2, 0) is 49.3 Å². The number of nitrogens with zero attached hydrogens (tertiary/aromatic N) is 1. The largest absolute Gasteiger partial charge is 0.481 e. The second-order valence-corrected chi connectivity index (χ2v) is 15.4. The van der Waals surface area contributed by atoms with Crippen molar-refractivity contribution < 1.29 is 48.0 Å². The Kier molecular flexibility index (Phi) is 35.5. The maximum absolute atomic E-state index is 12.3. The summed E-state index contributed by atoms with van der Waals surface area (Å²) in [4.78, 5) is 66.7. The molecule has 0 aliphatic carbocycles. The molecule has 15 heteroatoms. The third kappa shape index (κ3) is 34.2. The topological polar surface area (TPSA) is 219 Å². The molecule has 0 unspecified atom stereocenters. The summed E-state index contributed by atoms with van der Waals surface area (Å²) in [7, 11) is 0. The third-order valence-electron chi connectivity index (χ3n) is 10.0. The van der Waals surface area contributed by atoms with Gasteiger partial charge in [-0.2, -0.15) is 0 Å². The van der Waals surface area contributed by atoms with Crippen LogP contribution < -0.4 is 16.4 Å². The van der Waals surface area contributed by atoms with Gasteiger partial charge in [-0.05, 0) is 25.7 Å². The number of carboxylic acids is 1. The minimum Gasteiger partial charge on any atom is -0.481 e. The van der Waals surface area contributed by atoms with E-state index in [-0.39, 0.29) is 70.7 Å². The molecule has 339 valence electrons. The molecule has 5 N–H and O–H groups in total. The first-order valence-electron chi connectivity index (χ1n) is 22.5. The lowest BCUT2D eigenvalue weighted by molar-refractivity contribution is -0.144. The molecule has 1 aromatic rings. The number of hydrogen-bond donors (Lipinski definition) is 4. The van der Waals surface area contributed by atoms with Gasteiger partial charge in [0.05, 0.1) is 51.3 Å². The molecule has 1 radical (unpaired) electrons. The molecule has 2 atom stereocenters. The molecule has 1 aromatic heterocycles. The van der Waals surface area contributed by atoms with Crippen LogP contribution in [-0.4, -0.2) is 116 Å². The molecular weight excluding hydrogens is 759 g/mol. The molecule has 0 aliphatic heterocycles. The Hall–Kier alpha value is -3.24. The van der Waals surface area contributed by atoms with Gasteiger partial charge >= 0.3 is 5.97 Å². The first kappa shape index (κ1) is 53.8. The number of unbranched alkanes of at least 4 members (excludes halogenated alkanes) is 15. The average molecular weight is 837 g/mol. The van der Waals surface area contributed by atoms with E-state index in [9.17, 15) is 29.1 Å². The van der Waals surface area contributed by atoms with Crippen LogP contribution in [0.4, 0.5) is 0 Å². The molecule has 0 aromatic carbocycles. The van der Waals surface area contributed by atoms with Gasteiger partial charge in [0.25, 0.3) is 0 Å². The molecule has 0 bridgehead atoms. The van der Waals surface area contributed by atoms with Crippen LogP contribution >= 0.6 is 0 Å². The molecular formula is C44H78N5O10. The van der Waals surface area contributed by atoms with E-state index < -0.39 is 23.7 Å². The quantitative estimate of drug-likeness (QED) is 0.0531. The summed E-state index contributed by atoms with van der Waals surface area (Å²) in [6.45, 7) is 4.55. The van der Waals surface area contributed by atoms with Gasteiger partial charge < -0.3 is 39.7 Å². The number of nitrogens with one attached hydrogen (secondary N) is 4. The van der Waals surface area contributed by atoms with Crippen molar-refractivity contribution in [3.05, 3.63) is 18.2 Å². The minimum absolute atomic E-state index is 0.0845. The van der Waals surface area contributed by atoms with Gasteiger partial charge in [-0.15, -0.1) is 0 Å². The fraction of sp³-hybridized carbons (Fsp3) is 0.818. The summed E-state index contributed by atoms with van der Waals surface area (Å²) in [5, 5.41) is 14.9. The van der Waals surface area contributed by atoms with Crippen LogP contribution in [0.1, 0.15) is 154 Å². The maximum Gasteiger partial charge on any atom is 0.306 e. The number of ether oxygens (including phenoxy) is 4. The lowest BCUT2D eigenvalue weighted by atomic mass is 9.92. The van der Waals surface area contributed by atoms with Crippen LogP contribution in [0.3, 0.4) is 0 Å². The van der Waals surface area contributed by atoms with Crippen molar-refractivity contribution >= 4 is 29.4 Å². The van der Waals surface area contributed by atoms with E-state index >= 15 is 0 Å². The molecule has 59 heavy (non-hydrogen) atoms. The Labute approximate surface area is 353 Å². The highest BCUT2D eigenvalue weighted by molar-refractivity contribution is 5.87. The van der Waals surface area contributed by atoms with Crippen molar-refractivity contribution in [1.29, 1.82) is 0 Å². The molecule has 0 fully saturated rings. The zero-order chi connectivity index (χ0) is 43.0. The fourth-order valence-corrected chi connectivity index (χ4v) is 6.50. The number of carbonyl (C=O) groups excluding carboxylic acids is 4. The van der Waals surface area contributed by atoms with Crippen molar-refractivity contribution in [2.45, 2.75) is 161 Å². The van der Waals surface area contributed by atoms with Crippen LogP contribution in [0.25, 0.3) is 0 Å². The third-order valence-corrected chi connectivity index (χ3v) is 10.0. The lowest BCUT2D eigenvalue weighted by Crippen LogP contribution is -2.31. The Balaban J connectivity index is 1.83. The van der Waals surface area contributed by atoms with E-state index in [2.05, 4.69) is 27.5 Å². The van der Waals surface area contributed by atoms with E-state index in [4.69, 9.17) is 24.7 Å². The predicted octanol–water partition coefficient (Wildman–Crippen LogP) is 6.34. The van der Waals surface area contributed by atoms with Gasteiger partial charge in [-0.3, -0.25) is 24.0 Å². The Bertz CT molecular complexity index is 1200. The number of amides is 2. The summed E-state index contributed by atoms with van der Waals surface area (Å²) in [5.41, 5.74) is 8.66. The lowest BCUT2D eigenvalue weighted by Gasteiger charge is -2.14. The zero-order valence-corrected chi connectivity index (χ0v) is 36.2. The van der Waals surface area contributed by atoms with E-state index in [1.165, 1.54) is 96.0 Å². The van der Waals surface area contributed by atoms with Crippen LogP contribution in [0, 0.1) is 5.92 Å². The smallest absolute Gasteiger partial charge is 0.306 e. The molecule has 0 saturated carbocycles. The Morgan fingerprint density at radius 2 is 1.19 bits per heavy atom. The number of Topliss-reactive ketones (excluding diaryl/α,β-unsaturated/α-hetero) is 2. The van der Waals surface area contributed by atoms with Crippen LogP contribution in [0.15, 0.2) is 12.5 Å². The number of aromatic nitrogens is 2. The maximum atomic E-state index is 12.3. The van der Waals surface area contributed by atoms with Gasteiger partial charge in [0.2, 0.25) is 11.8 Å². The highest BCUT2D eigenvalue weighted by Crippen LogP contribution is 2.16. The van der Waals surface area contributed by atoms with E-state index in [1.807, 2.05) is 0 Å². The monoisotopic (exact) mass is 837 g/mol. The summed E-state index contributed by atoms with van der Waals surface area (Å²) in [6.07, 6.45) is 25.9. The van der Waals surface area contributed by atoms with Crippen molar-refractivity contribution in [2.24, 2.45) is 5.92 Å². The number of ketones is 2. The molecule has 0 aliphatic rings. The van der Waals surface area contributed by atoms with Gasteiger partial charge in [0, 0.05) is 57.3 Å². The summed E-state index contributed by atoms with van der Waals surface area (Å²) >= 11 is 0. The number of carbonyl (C=O) groups is 5. The Morgan fingerprint density at radius 1 is 0.661 bits per heavy atom. The second-order valence-electron chi connectivity index (χ2n) is 15.4. The average Bonchev–Trinajstić information content (AvgIpc) is 3.73. The number of aromatic amines is 1. The van der Waals surface area contributed by atoms with E-state index in [1.54, 1.807) is 0 Å². The molecule has 2 amide bonds. The minimum atomic E-state index is -1.07. The van der Waals surface area contributed by atoms with Gasteiger partial charge in [-0.1, -0.05) is 103 Å². The summed E-state index contributed by atoms with van der Waals surface area (Å²) in [6, 6.07) is -1.05. The number of rotatable bonds is 44. The normalized spacial score (nSPS) is 12.3. The number of hydrogen-bond acceptors (Lipinski definition) is 10. The molecule has 15 nitrogen and oxygen atoms in total. The number of H-pyrrole nitrogens is 1. The number of carboxylic acid groups (broad SMARTS) is 1.